The number of hydrogen-bond acceptors (Lipinski definition) is 3. The van der Waals surface area contributed by atoms with Crippen LogP contribution in [0.25, 0.3) is 0 Å². The third kappa shape index (κ3) is 8.20. The van der Waals surface area contributed by atoms with Gasteiger partial charge < -0.3 is 10.4 Å². The molecule has 0 amide bonds. The van der Waals surface area contributed by atoms with Crippen LogP contribution in [0.4, 0.5) is 18.0 Å². The lowest BCUT2D eigenvalue weighted by Gasteiger charge is -2.06. The summed E-state index contributed by atoms with van der Waals surface area (Å²) in [7, 11) is 0. The summed E-state index contributed by atoms with van der Waals surface area (Å²) in [5.41, 5.74) is 0. The summed E-state index contributed by atoms with van der Waals surface area (Å²) in [5, 5.41) is 11.0. The zero-order valence-electron chi connectivity index (χ0n) is 10.2. The summed E-state index contributed by atoms with van der Waals surface area (Å²) in [6.07, 6.45) is 0.634. The Morgan fingerprint density at radius 2 is 2.16 bits per heavy atom. The van der Waals surface area contributed by atoms with E-state index in [1.165, 1.54) is 31.6 Å². The predicted octanol–water partition coefficient (Wildman–Crippen LogP) is 2.35. The van der Waals surface area contributed by atoms with Crippen LogP contribution < -0.4 is 5.32 Å². The average molecular weight is 279 g/mol. The molecule has 8 heteroatoms. The number of rotatable bonds is 4. The first-order chi connectivity index (χ1) is 8.88. The largest absolute Gasteiger partial charge is 0.464 e. The molecule has 0 saturated heterocycles. The van der Waals surface area contributed by atoms with Gasteiger partial charge in [0.25, 0.3) is 0 Å². The average Bonchev–Trinajstić information content (AvgIpc) is 2.94. The second-order valence-corrected chi connectivity index (χ2v) is 4.27. The van der Waals surface area contributed by atoms with Gasteiger partial charge in [0.2, 0.25) is 0 Å². The minimum atomic E-state index is -4.00. The van der Waals surface area contributed by atoms with Crippen LogP contribution in [0, 0.1) is 5.92 Å². The zero-order valence-corrected chi connectivity index (χ0v) is 10.2. The highest BCUT2D eigenvalue weighted by atomic mass is 19.4. The van der Waals surface area contributed by atoms with Crippen LogP contribution in [0.15, 0.2) is 18.7 Å². The van der Waals surface area contributed by atoms with Crippen LogP contribution in [0.2, 0.25) is 0 Å². The van der Waals surface area contributed by atoms with E-state index in [2.05, 4.69) is 10.3 Å². The van der Waals surface area contributed by atoms with Gasteiger partial charge in [-0.2, -0.15) is 13.2 Å². The molecule has 0 unspecified atom stereocenters. The first-order valence-electron chi connectivity index (χ1n) is 5.87. The molecule has 1 aromatic rings. The van der Waals surface area contributed by atoms with Crippen molar-refractivity contribution in [2.75, 3.05) is 13.1 Å². The minimum absolute atomic E-state index is 0.0694. The van der Waals surface area contributed by atoms with E-state index in [0.717, 1.165) is 11.1 Å². The summed E-state index contributed by atoms with van der Waals surface area (Å²) < 4.78 is 35.6. The van der Waals surface area contributed by atoms with E-state index >= 15 is 0 Å². The van der Waals surface area contributed by atoms with Crippen molar-refractivity contribution in [3.8, 4) is 0 Å². The molecule has 0 bridgehead atoms. The van der Waals surface area contributed by atoms with Crippen LogP contribution in [-0.2, 0) is 0 Å². The number of imidazole rings is 1. The summed E-state index contributed by atoms with van der Waals surface area (Å²) in [6.45, 7) is 0.829. The van der Waals surface area contributed by atoms with Crippen LogP contribution in [-0.4, -0.2) is 40.0 Å². The fraction of sp³-hybridized carbons (Fsp3) is 0.636. The Hall–Kier alpha value is -1.57. The van der Waals surface area contributed by atoms with Crippen molar-refractivity contribution in [1.29, 1.82) is 0 Å². The topological polar surface area (TPSA) is 67.2 Å². The molecule has 0 aliphatic heterocycles. The Labute approximate surface area is 108 Å². The molecule has 1 heterocycles. The van der Waals surface area contributed by atoms with Gasteiger partial charge in [0, 0.05) is 18.9 Å². The molecule has 1 fully saturated rings. The molecule has 1 aliphatic carbocycles. The van der Waals surface area contributed by atoms with Crippen molar-refractivity contribution in [2.24, 2.45) is 5.92 Å². The summed E-state index contributed by atoms with van der Waals surface area (Å²) in [5.74, 6) is 0.656. The maximum atomic E-state index is 11.6. The van der Waals surface area contributed by atoms with E-state index in [1.54, 1.807) is 0 Å². The number of hydrogen-bond donors (Lipinski definition) is 2. The predicted molar refractivity (Wildman–Crippen MR) is 61.9 cm³/mol. The van der Waals surface area contributed by atoms with E-state index in [9.17, 15) is 18.0 Å². The molecule has 108 valence electrons. The minimum Gasteiger partial charge on any atom is -0.464 e. The number of halogens is 3. The molecular formula is C11H16F3N3O2. The van der Waals surface area contributed by atoms with E-state index in [-0.39, 0.29) is 6.54 Å². The molecule has 19 heavy (non-hydrogen) atoms. The van der Waals surface area contributed by atoms with Crippen molar-refractivity contribution in [1.82, 2.24) is 14.9 Å². The van der Waals surface area contributed by atoms with Gasteiger partial charge in [-0.3, -0.25) is 0 Å². The molecule has 0 spiro atoms. The summed E-state index contributed by atoms with van der Waals surface area (Å²) in [4.78, 5) is 13.5. The lowest BCUT2D eigenvalue weighted by molar-refractivity contribution is -0.133. The molecule has 2 N–H and O–H groups in total. The Balaban J connectivity index is 0.000000200. The molecule has 1 saturated carbocycles. The summed E-state index contributed by atoms with van der Waals surface area (Å²) in [6, 6.07) is 0. The first kappa shape index (κ1) is 15.5. The van der Waals surface area contributed by atoms with Crippen molar-refractivity contribution >= 4 is 6.09 Å². The second-order valence-electron chi connectivity index (χ2n) is 4.27. The highest BCUT2D eigenvalue weighted by Crippen LogP contribution is 2.27. The molecular weight excluding hydrogens is 263 g/mol. The van der Waals surface area contributed by atoms with Crippen molar-refractivity contribution in [3.63, 3.8) is 0 Å². The zero-order chi connectivity index (χ0) is 14.3. The highest BCUT2D eigenvalue weighted by Gasteiger charge is 2.27. The Morgan fingerprint density at radius 1 is 1.47 bits per heavy atom. The normalized spacial score (nSPS) is 14.7. The lowest BCUT2D eigenvalue weighted by Crippen LogP contribution is -2.23. The molecule has 2 rings (SSSR count). The molecule has 1 aromatic heterocycles. The van der Waals surface area contributed by atoms with Crippen LogP contribution in [0.3, 0.4) is 0 Å². The maximum Gasteiger partial charge on any atom is 0.416 e. The second kappa shape index (κ2) is 7.13. The Kier molecular flexibility index (Phi) is 5.81. The quantitative estimate of drug-likeness (QED) is 0.830. The molecule has 0 atom stereocenters. The lowest BCUT2D eigenvalue weighted by atomic mass is 10.4. The van der Waals surface area contributed by atoms with Gasteiger partial charge in [0.1, 0.15) is 6.33 Å². The van der Waals surface area contributed by atoms with Crippen LogP contribution in [0.1, 0.15) is 19.3 Å². The third-order valence-corrected chi connectivity index (χ3v) is 2.44. The standard InChI is InChI=1S/C7H12F3N.C4H4N2O2/c8-7(9,10)3-4-11-5-6-1-2-6;7-4(8)6-2-1-5-3-6/h6,11H,1-5H2;1-3H,(H,7,8). The number of nitrogens with zero attached hydrogens (tertiary/aromatic N) is 2. The van der Waals surface area contributed by atoms with Gasteiger partial charge in [-0.25, -0.2) is 14.3 Å². The van der Waals surface area contributed by atoms with Gasteiger partial charge in [-0.15, -0.1) is 0 Å². The van der Waals surface area contributed by atoms with Gasteiger partial charge in [-0.05, 0) is 25.3 Å². The maximum absolute atomic E-state index is 11.6. The van der Waals surface area contributed by atoms with Gasteiger partial charge >= 0.3 is 12.3 Å². The Morgan fingerprint density at radius 3 is 2.53 bits per heavy atom. The van der Waals surface area contributed by atoms with Gasteiger partial charge in [0.05, 0.1) is 6.42 Å². The molecule has 1 aliphatic rings. The highest BCUT2D eigenvalue weighted by molar-refractivity contribution is 5.67. The fourth-order valence-corrected chi connectivity index (χ4v) is 1.23. The first-order valence-corrected chi connectivity index (χ1v) is 5.87. The van der Waals surface area contributed by atoms with Crippen molar-refractivity contribution in [2.45, 2.75) is 25.4 Å². The van der Waals surface area contributed by atoms with E-state index in [4.69, 9.17) is 5.11 Å². The number of nitrogens with one attached hydrogen (secondary N) is 1. The van der Waals surface area contributed by atoms with Crippen LogP contribution in [0.5, 0.6) is 0 Å². The number of carbonyl (C=O) groups is 1. The van der Waals surface area contributed by atoms with Crippen molar-refractivity contribution in [3.05, 3.63) is 18.7 Å². The molecule has 0 radical (unpaired) electrons. The monoisotopic (exact) mass is 279 g/mol. The smallest absolute Gasteiger partial charge is 0.416 e. The third-order valence-electron chi connectivity index (χ3n) is 2.44. The number of aromatic nitrogens is 2. The van der Waals surface area contributed by atoms with Crippen molar-refractivity contribution < 1.29 is 23.1 Å². The van der Waals surface area contributed by atoms with E-state index < -0.39 is 18.7 Å². The number of alkyl halides is 3. The van der Waals surface area contributed by atoms with Gasteiger partial charge in [0.15, 0.2) is 0 Å². The fourth-order valence-electron chi connectivity index (χ4n) is 1.23. The molecule has 0 aromatic carbocycles. The Bertz CT molecular complexity index is 375. The number of carboxylic acid groups (broad SMARTS) is 1. The van der Waals surface area contributed by atoms with E-state index in [0.29, 0.717) is 5.92 Å². The summed E-state index contributed by atoms with van der Waals surface area (Å²) >= 11 is 0. The SMILES string of the molecule is FC(F)(F)CCNCC1CC1.O=C(O)n1ccnc1. The van der Waals surface area contributed by atoms with E-state index in [1.807, 2.05) is 0 Å². The van der Waals surface area contributed by atoms with Gasteiger partial charge in [-0.1, -0.05) is 0 Å². The molecule has 5 nitrogen and oxygen atoms in total. The van der Waals surface area contributed by atoms with Crippen LogP contribution >= 0.6 is 0 Å².